The van der Waals surface area contributed by atoms with Gasteiger partial charge in [0.15, 0.2) is 5.96 Å². The summed E-state index contributed by atoms with van der Waals surface area (Å²) in [7, 11) is 0. The molecule has 33 heavy (non-hydrogen) atoms. The van der Waals surface area contributed by atoms with Gasteiger partial charge in [0.25, 0.3) is 0 Å². The molecule has 0 aliphatic heterocycles. The number of carboxylic acid groups (broad SMARTS) is 1. The van der Waals surface area contributed by atoms with Gasteiger partial charge < -0.3 is 43.4 Å². The Bertz CT molecular complexity index is 694. The summed E-state index contributed by atoms with van der Waals surface area (Å²) in [4.78, 5) is 52.8. The summed E-state index contributed by atoms with van der Waals surface area (Å²) in [6.45, 7) is 6.65. The van der Waals surface area contributed by atoms with Crippen molar-refractivity contribution in [3.63, 3.8) is 0 Å². The summed E-state index contributed by atoms with van der Waals surface area (Å²) < 4.78 is 0. The Morgan fingerprint density at radius 2 is 1.39 bits per heavy atom. The van der Waals surface area contributed by atoms with Gasteiger partial charge in [-0.2, -0.15) is 0 Å². The van der Waals surface area contributed by atoms with Crippen molar-refractivity contribution in [3.8, 4) is 0 Å². The molecule has 0 spiro atoms. The van der Waals surface area contributed by atoms with E-state index in [2.05, 4.69) is 20.9 Å². The van der Waals surface area contributed by atoms with Gasteiger partial charge in [-0.3, -0.25) is 19.4 Å². The molecule has 0 bridgehead atoms. The smallest absolute Gasteiger partial charge is 0.326 e. The summed E-state index contributed by atoms with van der Waals surface area (Å²) >= 11 is 0. The summed E-state index contributed by atoms with van der Waals surface area (Å²) in [6.07, 6.45) is 0.581. The highest BCUT2D eigenvalue weighted by Gasteiger charge is 2.30. The third-order valence-corrected chi connectivity index (χ3v) is 4.74. The van der Waals surface area contributed by atoms with Gasteiger partial charge in [-0.1, -0.05) is 27.7 Å². The molecular formula is C20H39N7O6. The first-order valence-electron chi connectivity index (χ1n) is 10.9. The monoisotopic (exact) mass is 473 g/mol. The van der Waals surface area contributed by atoms with E-state index in [0.29, 0.717) is 0 Å². The predicted molar refractivity (Wildman–Crippen MR) is 123 cm³/mol. The molecule has 0 rings (SSSR count). The van der Waals surface area contributed by atoms with Crippen molar-refractivity contribution in [3.05, 3.63) is 0 Å². The molecule has 0 fully saturated rings. The molecule has 0 aromatic rings. The van der Waals surface area contributed by atoms with Gasteiger partial charge in [-0.05, 0) is 31.1 Å². The van der Waals surface area contributed by atoms with Crippen molar-refractivity contribution in [2.24, 2.45) is 34.0 Å². The van der Waals surface area contributed by atoms with Gasteiger partial charge in [-0.15, -0.1) is 0 Å². The van der Waals surface area contributed by atoms with E-state index in [-0.39, 0.29) is 43.6 Å². The Kier molecular flexibility index (Phi) is 13.7. The van der Waals surface area contributed by atoms with E-state index in [1.807, 2.05) is 13.8 Å². The normalized spacial score (nSPS) is 14.7. The Morgan fingerprint density at radius 3 is 1.85 bits per heavy atom. The minimum absolute atomic E-state index is 0.0272. The first kappa shape index (κ1) is 30.1. The number of aliphatic carboxylic acids is 1. The van der Waals surface area contributed by atoms with Crippen LogP contribution in [-0.4, -0.2) is 77.2 Å². The number of carbonyl (C=O) groups is 4. The SMILES string of the molecule is CC(C)CC(NC(=O)C(N)C(C)C)C(=O)NC(CO)C(=O)NC(CCCN=C(N)N)C(=O)O. The van der Waals surface area contributed by atoms with E-state index in [9.17, 15) is 29.4 Å². The second kappa shape index (κ2) is 15.0. The molecule has 0 aliphatic carbocycles. The molecule has 0 aromatic carbocycles. The number of carbonyl (C=O) groups excluding carboxylic acids is 3. The fourth-order valence-electron chi connectivity index (χ4n) is 2.77. The molecule has 0 radical (unpaired) electrons. The van der Waals surface area contributed by atoms with Crippen LogP contribution in [0, 0.1) is 11.8 Å². The van der Waals surface area contributed by atoms with Crippen LogP contribution in [-0.2, 0) is 19.2 Å². The van der Waals surface area contributed by atoms with E-state index in [4.69, 9.17) is 17.2 Å². The average Bonchev–Trinajstić information content (AvgIpc) is 2.71. The standard InChI is InChI=1S/C20H39N7O6/c1-10(2)8-13(26-18(31)15(21)11(3)4)16(29)27-14(9-28)17(30)25-12(19(32)33)6-5-7-24-20(22)23/h10-15,28H,5-9,21H2,1-4H3,(H,25,30)(H,26,31)(H,27,29)(H,32,33)(H4,22,23,24). The van der Waals surface area contributed by atoms with Crippen LogP contribution in [0.4, 0.5) is 0 Å². The number of nitrogens with one attached hydrogen (secondary N) is 3. The molecule has 4 unspecified atom stereocenters. The number of nitrogens with zero attached hydrogens (tertiary/aromatic N) is 1. The van der Waals surface area contributed by atoms with Crippen molar-refractivity contribution >= 4 is 29.7 Å². The zero-order valence-corrected chi connectivity index (χ0v) is 19.7. The van der Waals surface area contributed by atoms with Crippen LogP contribution in [0.2, 0.25) is 0 Å². The molecule has 4 atom stereocenters. The van der Waals surface area contributed by atoms with Crippen LogP contribution in [0.5, 0.6) is 0 Å². The maximum Gasteiger partial charge on any atom is 0.326 e. The number of rotatable bonds is 15. The van der Waals surface area contributed by atoms with Crippen LogP contribution < -0.4 is 33.2 Å². The van der Waals surface area contributed by atoms with Gasteiger partial charge >= 0.3 is 5.97 Å². The molecule has 0 aliphatic rings. The van der Waals surface area contributed by atoms with Gasteiger partial charge in [0.1, 0.15) is 18.1 Å². The Hall–Kier alpha value is -2.93. The lowest BCUT2D eigenvalue weighted by Gasteiger charge is -2.25. The topological polar surface area (TPSA) is 235 Å². The molecule has 0 saturated carbocycles. The molecule has 3 amide bonds. The zero-order valence-electron chi connectivity index (χ0n) is 19.7. The fourth-order valence-corrected chi connectivity index (χ4v) is 2.77. The lowest BCUT2D eigenvalue weighted by atomic mass is 10.00. The van der Waals surface area contributed by atoms with Crippen LogP contribution in [0.25, 0.3) is 0 Å². The number of nitrogens with two attached hydrogens (primary N) is 3. The quantitative estimate of drug-likeness (QED) is 0.0717. The molecule has 13 nitrogen and oxygen atoms in total. The van der Waals surface area contributed by atoms with Crippen LogP contribution in [0.15, 0.2) is 4.99 Å². The van der Waals surface area contributed by atoms with E-state index in [1.54, 1.807) is 13.8 Å². The summed E-state index contributed by atoms with van der Waals surface area (Å²) in [5.74, 6) is -3.63. The van der Waals surface area contributed by atoms with Crippen molar-refractivity contribution in [2.75, 3.05) is 13.2 Å². The third kappa shape index (κ3) is 12.0. The maximum atomic E-state index is 12.8. The molecule has 0 aromatic heterocycles. The zero-order chi connectivity index (χ0) is 25.7. The van der Waals surface area contributed by atoms with Gasteiger partial charge in [0.2, 0.25) is 17.7 Å². The highest BCUT2D eigenvalue weighted by atomic mass is 16.4. The number of aliphatic imine (C=N–C) groups is 1. The Morgan fingerprint density at radius 1 is 0.879 bits per heavy atom. The maximum absolute atomic E-state index is 12.8. The summed E-state index contributed by atoms with van der Waals surface area (Å²) in [5.41, 5.74) is 16.3. The molecule has 11 N–H and O–H groups in total. The number of aliphatic hydroxyl groups is 1. The lowest BCUT2D eigenvalue weighted by molar-refractivity contribution is -0.142. The highest BCUT2D eigenvalue weighted by molar-refractivity contribution is 5.94. The molecule has 0 saturated heterocycles. The van der Waals surface area contributed by atoms with Crippen molar-refractivity contribution in [1.82, 2.24) is 16.0 Å². The van der Waals surface area contributed by atoms with Crippen molar-refractivity contribution in [2.45, 2.75) is 71.1 Å². The van der Waals surface area contributed by atoms with Crippen molar-refractivity contribution < 1.29 is 29.4 Å². The number of hydrogen-bond acceptors (Lipinski definition) is 7. The second-order valence-corrected chi connectivity index (χ2v) is 8.55. The third-order valence-electron chi connectivity index (χ3n) is 4.74. The van der Waals surface area contributed by atoms with E-state index < -0.39 is 54.5 Å². The van der Waals surface area contributed by atoms with Crippen molar-refractivity contribution in [1.29, 1.82) is 0 Å². The van der Waals surface area contributed by atoms with Crippen LogP contribution in [0.1, 0.15) is 47.0 Å². The number of hydrogen-bond donors (Lipinski definition) is 8. The molecule has 13 heteroatoms. The van der Waals surface area contributed by atoms with E-state index in [1.165, 1.54) is 0 Å². The van der Waals surface area contributed by atoms with Gasteiger partial charge in [0, 0.05) is 6.54 Å². The first-order chi connectivity index (χ1) is 15.3. The van der Waals surface area contributed by atoms with Crippen LogP contribution >= 0.6 is 0 Å². The number of carboxylic acids is 1. The second-order valence-electron chi connectivity index (χ2n) is 8.55. The molecular weight excluding hydrogens is 434 g/mol. The van der Waals surface area contributed by atoms with E-state index >= 15 is 0 Å². The number of aliphatic hydroxyl groups excluding tert-OH is 1. The predicted octanol–water partition coefficient (Wildman–Crippen LogP) is -2.40. The van der Waals surface area contributed by atoms with E-state index in [0.717, 1.165) is 0 Å². The summed E-state index contributed by atoms with van der Waals surface area (Å²) in [5, 5.41) is 26.2. The van der Waals surface area contributed by atoms with Gasteiger partial charge in [-0.25, -0.2) is 4.79 Å². The van der Waals surface area contributed by atoms with Crippen LogP contribution in [0.3, 0.4) is 0 Å². The number of guanidine groups is 1. The minimum atomic E-state index is -1.41. The number of amides is 3. The molecule has 0 heterocycles. The first-order valence-corrected chi connectivity index (χ1v) is 10.9. The van der Waals surface area contributed by atoms with Gasteiger partial charge in [0.05, 0.1) is 12.6 Å². The highest BCUT2D eigenvalue weighted by Crippen LogP contribution is 2.08. The Labute approximate surface area is 193 Å². The minimum Gasteiger partial charge on any atom is -0.480 e. The largest absolute Gasteiger partial charge is 0.480 e. The lowest BCUT2D eigenvalue weighted by Crippen LogP contribution is -2.58. The fraction of sp³-hybridized carbons (Fsp3) is 0.750. The Balaban J connectivity index is 5.19. The summed E-state index contributed by atoms with van der Waals surface area (Å²) in [6, 6.07) is -4.49. The molecule has 190 valence electrons. The average molecular weight is 474 g/mol.